The normalized spacial score (nSPS) is 11.1. The van der Waals surface area contributed by atoms with Crippen LogP contribution in [0.4, 0.5) is 0 Å². The Bertz CT molecular complexity index is 1090. The monoisotopic (exact) mass is 417 g/mol. The van der Waals surface area contributed by atoms with Crippen LogP contribution in [0.25, 0.3) is 0 Å². The summed E-state index contributed by atoms with van der Waals surface area (Å²) in [5, 5.41) is 12.5. The zero-order chi connectivity index (χ0) is 21.3. The second-order valence-corrected chi connectivity index (χ2v) is 7.11. The van der Waals surface area contributed by atoms with Gasteiger partial charge in [-0.3, -0.25) is 4.79 Å². The van der Waals surface area contributed by atoms with Gasteiger partial charge in [-0.2, -0.15) is 0 Å². The molecule has 0 saturated heterocycles. The molecule has 0 aromatic heterocycles. The molecule has 150 valence electrons. The largest absolute Gasteiger partial charge is 0.480 e. The van der Waals surface area contributed by atoms with E-state index in [0.29, 0.717) is 29.0 Å². The van der Waals surface area contributed by atoms with Crippen molar-refractivity contribution in [1.82, 2.24) is 5.32 Å². The van der Waals surface area contributed by atoms with Gasteiger partial charge in [-0.25, -0.2) is 4.79 Å². The van der Waals surface area contributed by atoms with E-state index in [4.69, 9.17) is 11.6 Å². The van der Waals surface area contributed by atoms with Crippen molar-refractivity contribution in [2.24, 2.45) is 0 Å². The molecule has 0 saturated carbocycles. The lowest BCUT2D eigenvalue weighted by Crippen LogP contribution is -2.41. The third-order valence-corrected chi connectivity index (χ3v) is 4.84. The Hall–Kier alpha value is -3.55. The summed E-state index contributed by atoms with van der Waals surface area (Å²) in [7, 11) is 0. The number of hydrogen-bond donors (Lipinski definition) is 2. The molecular formula is C25H20ClNO3. The molecule has 0 bridgehead atoms. The number of aliphatic carboxylic acids is 1. The summed E-state index contributed by atoms with van der Waals surface area (Å²) in [4.78, 5) is 24.3. The average molecular weight is 418 g/mol. The van der Waals surface area contributed by atoms with E-state index in [2.05, 4.69) is 17.2 Å². The lowest BCUT2D eigenvalue weighted by Gasteiger charge is -2.15. The van der Waals surface area contributed by atoms with Crippen LogP contribution in [0.1, 0.15) is 33.5 Å². The van der Waals surface area contributed by atoms with E-state index in [1.807, 2.05) is 60.7 Å². The summed E-state index contributed by atoms with van der Waals surface area (Å²) in [6.07, 6.45) is 0.839. The molecule has 0 fully saturated rings. The molecule has 3 rings (SSSR count). The fourth-order valence-corrected chi connectivity index (χ4v) is 3.04. The van der Waals surface area contributed by atoms with Crippen LogP contribution in [-0.2, 0) is 11.2 Å². The molecule has 0 heterocycles. The minimum absolute atomic E-state index is 0.291. The Balaban J connectivity index is 1.72. The highest BCUT2D eigenvalue weighted by atomic mass is 35.5. The van der Waals surface area contributed by atoms with Crippen LogP contribution in [0.2, 0.25) is 5.02 Å². The van der Waals surface area contributed by atoms with Crippen LogP contribution in [0.15, 0.2) is 78.9 Å². The molecule has 0 spiro atoms. The average Bonchev–Trinajstić information content (AvgIpc) is 2.77. The third-order valence-electron chi connectivity index (χ3n) is 4.51. The van der Waals surface area contributed by atoms with Gasteiger partial charge in [0.2, 0.25) is 0 Å². The first-order chi connectivity index (χ1) is 14.5. The smallest absolute Gasteiger partial charge is 0.326 e. The molecule has 0 radical (unpaired) electrons. The van der Waals surface area contributed by atoms with Crippen molar-refractivity contribution in [3.8, 4) is 11.8 Å². The molecule has 5 heteroatoms. The van der Waals surface area contributed by atoms with Crippen molar-refractivity contribution in [2.75, 3.05) is 0 Å². The van der Waals surface area contributed by atoms with Crippen LogP contribution in [0.3, 0.4) is 0 Å². The highest BCUT2D eigenvalue weighted by molar-refractivity contribution is 6.31. The van der Waals surface area contributed by atoms with Crippen molar-refractivity contribution < 1.29 is 14.7 Å². The molecule has 0 aliphatic rings. The Labute approximate surface area is 180 Å². The van der Waals surface area contributed by atoms with E-state index in [0.717, 1.165) is 11.1 Å². The third kappa shape index (κ3) is 5.97. The molecule has 3 aromatic rings. The van der Waals surface area contributed by atoms with Crippen LogP contribution >= 0.6 is 11.6 Å². The van der Waals surface area contributed by atoms with Crippen molar-refractivity contribution in [3.63, 3.8) is 0 Å². The van der Waals surface area contributed by atoms with Crippen LogP contribution in [0, 0.1) is 11.8 Å². The topological polar surface area (TPSA) is 66.4 Å². The minimum atomic E-state index is -1.07. The lowest BCUT2D eigenvalue weighted by atomic mass is 10.0. The van der Waals surface area contributed by atoms with E-state index in [-0.39, 0.29) is 0 Å². The fourth-order valence-electron chi connectivity index (χ4n) is 2.88. The molecule has 0 unspecified atom stereocenters. The summed E-state index contributed by atoms with van der Waals surface area (Å²) in [5.74, 6) is 4.43. The number of nitrogens with one attached hydrogen (secondary N) is 1. The van der Waals surface area contributed by atoms with Crippen LogP contribution < -0.4 is 5.32 Å². The minimum Gasteiger partial charge on any atom is -0.480 e. The Morgan fingerprint density at radius 1 is 0.933 bits per heavy atom. The predicted octanol–water partition coefficient (Wildman–Crippen LogP) is 4.56. The maximum absolute atomic E-state index is 12.6. The molecule has 2 N–H and O–H groups in total. The van der Waals surface area contributed by atoms with E-state index >= 15 is 0 Å². The molecule has 30 heavy (non-hydrogen) atoms. The van der Waals surface area contributed by atoms with Crippen LogP contribution in [0.5, 0.6) is 0 Å². The van der Waals surface area contributed by atoms with E-state index in [1.54, 1.807) is 18.2 Å². The number of rotatable bonds is 6. The van der Waals surface area contributed by atoms with Gasteiger partial charge in [0.25, 0.3) is 5.91 Å². The second-order valence-electron chi connectivity index (χ2n) is 6.70. The van der Waals surface area contributed by atoms with Crippen molar-refractivity contribution in [2.45, 2.75) is 18.9 Å². The van der Waals surface area contributed by atoms with E-state index < -0.39 is 17.9 Å². The van der Waals surface area contributed by atoms with Crippen molar-refractivity contribution in [1.29, 1.82) is 0 Å². The first-order valence-corrected chi connectivity index (χ1v) is 9.85. The highest BCUT2D eigenvalue weighted by Gasteiger charge is 2.21. The number of halogens is 1. The first kappa shape index (κ1) is 21.2. The van der Waals surface area contributed by atoms with Gasteiger partial charge in [0.05, 0.1) is 5.02 Å². The Kier molecular flexibility index (Phi) is 7.26. The number of hydrogen-bond acceptors (Lipinski definition) is 2. The SMILES string of the molecule is O=C(N[C@@H](CCc1ccccc1)C(=O)O)c1ccc(Cl)c(C#Cc2ccccc2)c1. The number of aryl methyl sites for hydroxylation is 1. The molecule has 0 aliphatic heterocycles. The molecule has 0 aliphatic carbocycles. The quantitative estimate of drug-likeness (QED) is 0.578. The summed E-state index contributed by atoms with van der Waals surface area (Å²) < 4.78 is 0. The highest BCUT2D eigenvalue weighted by Crippen LogP contribution is 2.17. The molecule has 1 atom stereocenters. The summed E-state index contributed by atoms with van der Waals surface area (Å²) in [6, 6.07) is 22.7. The number of carboxylic acids is 1. The number of benzene rings is 3. The van der Waals surface area contributed by atoms with Gasteiger partial charge in [0, 0.05) is 16.7 Å². The van der Waals surface area contributed by atoms with Crippen molar-refractivity contribution in [3.05, 3.63) is 106 Å². The maximum atomic E-state index is 12.6. The number of carbonyl (C=O) groups excluding carboxylic acids is 1. The number of carbonyl (C=O) groups is 2. The fraction of sp³-hybridized carbons (Fsp3) is 0.120. The van der Waals surface area contributed by atoms with Crippen molar-refractivity contribution >= 4 is 23.5 Å². The number of amides is 1. The van der Waals surface area contributed by atoms with Gasteiger partial charge in [-0.15, -0.1) is 0 Å². The Morgan fingerprint density at radius 3 is 2.27 bits per heavy atom. The lowest BCUT2D eigenvalue weighted by molar-refractivity contribution is -0.139. The summed E-state index contributed by atoms with van der Waals surface area (Å²) in [5.41, 5.74) is 2.66. The van der Waals surface area contributed by atoms with Gasteiger partial charge in [-0.1, -0.05) is 72.0 Å². The zero-order valence-corrected chi connectivity index (χ0v) is 16.9. The van der Waals surface area contributed by atoms with Gasteiger partial charge >= 0.3 is 5.97 Å². The molecule has 1 amide bonds. The Morgan fingerprint density at radius 2 is 1.60 bits per heavy atom. The summed E-state index contributed by atoms with van der Waals surface area (Å²) >= 11 is 6.21. The maximum Gasteiger partial charge on any atom is 0.326 e. The summed E-state index contributed by atoms with van der Waals surface area (Å²) in [6.45, 7) is 0. The van der Waals surface area contributed by atoms with Crippen LogP contribution in [-0.4, -0.2) is 23.0 Å². The predicted molar refractivity (Wildman–Crippen MR) is 118 cm³/mol. The molecular weight excluding hydrogens is 398 g/mol. The van der Waals surface area contributed by atoms with E-state index in [1.165, 1.54) is 0 Å². The zero-order valence-electron chi connectivity index (χ0n) is 16.1. The molecule has 3 aromatic carbocycles. The van der Waals surface area contributed by atoms with Gasteiger partial charge in [-0.05, 0) is 48.7 Å². The van der Waals surface area contributed by atoms with Gasteiger partial charge in [0.1, 0.15) is 6.04 Å². The molecule has 4 nitrogen and oxygen atoms in total. The van der Waals surface area contributed by atoms with Gasteiger partial charge in [0.15, 0.2) is 0 Å². The van der Waals surface area contributed by atoms with Gasteiger partial charge < -0.3 is 10.4 Å². The number of carboxylic acid groups (broad SMARTS) is 1. The standard InChI is InChI=1S/C25H20ClNO3/c26-22-15-14-21(17-20(22)13-11-18-7-3-1-4-8-18)24(28)27-23(25(29)30)16-12-19-9-5-2-6-10-19/h1-10,14-15,17,23H,12,16H2,(H,27,28)(H,29,30)/t23-/m0/s1. The van der Waals surface area contributed by atoms with E-state index in [9.17, 15) is 14.7 Å². The second kappa shape index (κ2) is 10.3. The first-order valence-electron chi connectivity index (χ1n) is 9.47.